The zero-order chi connectivity index (χ0) is 10.8. The summed E-state index contributed by atoms with van der Waals surface area (Å²) in [5.74, 6) is 0. The van der Waals surface area contributed by atoms with Crippen LogP contribution in [0.5, 0.6) is 0 Å². The maximum atomic E-state index is 5.85. The number of hydrogen-bond donors (Lipinski definition) is 1. The maximum absolute atomic E-state index is 5.85. The monoisotopic (exact) mass is 199 g/mol. The second-order valence-corrected chi connectivity index (χ2v) is 4.32. The smallest absolute Gasteiger partial charge is 0.00511 e. The molecule has 0 fully saturated rings. The number of hydrogen-bond acceptors (Lipinski definition) is 1. The van der Waals surface area contributed by atoms with Crippen LogP contribution in [-0.2, 0) is 6.42 Å². The summed E-state index contributed by atoms with van der Waals surface area (Å²) in [5.41, 5.74) is 8.51. The summed E-state index contributed by atoms with van der Waals surface area (Å²) in [6, 6.07) is 13.2. The van der Waals surface area contributed by atoms with Crippen molar-refractivity contribution < 1.29 is 0 Å². The highest BCUT2D eigenvalue weighted by Crippen LogP contribution is 2.21. The van der Waals surface area contributed by atoms with Crippen LogP contribution in [-0.4, -0.2) is 6.04 Å². The van der Waals surface area contributed by atoms with E-state index in [4.69, 9.17) is 5.73 Å². The lowest BCUT2D eigenvalue weighted by molar-refractivity contribution is 0.742. The zero-order valence-electron chi connectivity index (χ0n) is 9.33. The predicted octanol–water partition coefficient (Wildman–Crippen LogP) is 3.04. The van der Waals surface area contributed by atoms with E-state index in [-0.39, 0.29) is 6.04 Å². The fourth-order valence-corrected chi connectivity index (χ4v) is 1.98. The van der Waals surface area contributed by atoms with E-state index in [9.17, 15) is 0 Å². The Hall–Kier alpha value is -1.34. The number of fused-ring (bicyclic) bond motifs is 1. The molecule has 2 N–H and O–H groups in total. The molecule has 0 radical (unpaired) electrons. The lowest BCUT2D eigenvalue weighted by Crippen LogP contribution is -2.17. The summed E-state index contributed by atoms with van der Waals surface area (Å²) >= 11 is 0. The second kappa shape index (κ2) is 4.03. The van der Waals surface area contributed by atoms with E-state index in [2.05, 4.69) is 50.2 Å². The lowest BCUT2D eigenvalue weighted by Gasteiger charge is -2.09. The van der Waals surface area contributed by atoms with Crippen molar-refractivity contribution in [3.05, 3.63) is 47.5 Å². The van der Waals surface area contributed by atoms with Crippen molar-refractivity contribution >= 4 is 10.8 Å². The van der Waals surface area contributed by atoms with Crippen molar-refractivity contribution in [2.45, 2.75) is 26.3 Å². The predicted molar refractivity (Wildman–Crippen MR) is 66.0 cm³/mol. The van der Waals surface area contributed by atoms with E-state index in [1.807, 2.05) is 0 Å². The second-order valence-electron chi connectivity index (χ2n) is 4.32. The number of rotatable bonds is 2. The molecule has 0 bridgehead atoms. The Bertz CT molecular complexity index is 472. The van der Waals surface area contributed by atoms with Gasteiger partial charge in [0, 0.05) is 6.04 Å². The molecule has 2 aromatic rings. The van der Waals surface area contributed by atoms with Gasteiger partial charge in [0.05, 0.1) is 0 Å². The summed E-state index contributed by atoms with van der Waals surface area (Å²) in [6.45, 7) is 4.18. The van der Waals surface area contributed by atoms with Crippen molar-refractivity contribution in [1.82, 2.24) is 0 Å². The van der Waals surface area contributed by atoms with Crippen LogP contribution >= 0.6 is 0 Å². The van der Waals surface area contributed by atoms with Gasteiger partial charge in [-0.05, 0) is 36.6 Å². The van der Waals surface area contributed by atoms with Crippen LogP contribution in [0.3, 0.4) is 0 Å². The van der Waals surface area contributed by atoms with E-state index >= 15 is 0 Å². The van der Waals surface area contributed by atoms with E-state index in [1.165, 1.54) is 21.9 Å². The van der Waals surface area contributed by atoms with Crippen LogP contribution in [0.2, 0.25) is 0 Å². The fourth-order valence-electron chi connectivity index (χ4n) is 1.98. The molecular weight excluding hydrogens is 182 g/mol. The average Bonchev–Trinajstić information content (AvgIpc) is 2.18. The molecule has 1 nitrogen and oxygen atoms in total. The highest BCUT2D eigenvalue weighted by Gasteiger charge is 2.03. The zero-order valence-corrected chi connectivity index (χ0v) is 9.33. The lowest BCUT2D eigenvalue weighted by atomic mass is 9.98. The molecule has 78 valence electrons. The molecule has 1 unspecified atom stereocenters. The van der Waals surface area contributed by atoms with Crippen molar-refractivity contribution in [2.75, 3.05) is 0 Å². The first-order valence-electron chi connectivity index (χ1n) is 5.40. The van der Waals surface area contributed by atoms with Crippen LogP contribution in [0.15, 0.2) is 36.4 Å². The molecule has 2 aromatic carbocycles. The third-order valence-electron chi connectivity index (χ3n) is 2.67. The minimum Gasteiger partial charge on any atom is -0.328 e. The largest absolute Gasteiger partial charge is 0.328 e. The van der Waals surface area contributed by atoms with Gasteiger partial charge in [0.15, 0.2) is 0 Å². The van der Waals surface area contributed by atoms with Gasteiger partial charge in [0.1, 0.15) is 0 Å². The highest BCUT2D eigenvalue weighted by molar-refractivity contribution is 5.86. The van der Waals surface area contributed by atoms with Gasteiger partial charge in [0.25, 0.3) is 0 Å². The summed E-state index contributed by atoms with van der Waals surface area (Å²) < 4.78 is 0. The fraction of sp³-hybridized carbons (Fsp3) is 0.286. The van der Waals surface area contributed by atoms with Gasteiger partial charge >= 0.3 is 0 Å². The minimum atomic E-state index is 0.219. The number of benzene rings is 2. The summed E-state index contributed by atoms with van der Waals surface area (Å²) in [7, 11) is 0. The Morgan fingerprint density at radius 1 is 1.20 bits per heavy atom. The van der Waals surface area contributed by atoms with E-state index in [0.717, 1.165) is 6.42 Å². The van der Waals surface area contributed by atoms with E-state index < -0.39 is 0 Å². The molecule has 0 saturated carbocycles. The van der Waals surface area contributed by atoms with Crippen LogP contribution in [0, 0.1) is 6.92 Å². The van der Waals surface area contributed by atoms with Crippen molar-refractivity contribution in [3.63, 3.8) is 0 Å². The average molecular weight is 199 g/mol. The summed E-state index contributed by atoms with van der Waals surface area (Å²) in [4.78, 5) is 0. The molecule has 0 aliphatic rings. The first-order valence-corrected chi connectivity index (χ1v) is 5.40. The number of nitrogens with two attached hydrogens (primary N) is 1. The number of aryl methyl sites for hydroxylation is 1. The van der Waals surface area contributed by atoms with Gasteiger partial charge in [-0.3, -0.25) is 0 Å². The normalized spacial score (nSPS) is 13.0. The summed E-state index contributed by atoms with van der Waals surface area (Å²) in [5, 5.41) is 2.65. The highest BCUT2D eigenvalue weighted by atomic mass is 14.6. The molecule has 15 heavy (non-hydrogen) atoms. The molecule has 0 amide bonds. The van der Waals surface area contributed by atoms with Crippen molar-refractivity contribution in [1.29, 1.82) is 0 Å². The third kappa shape index (κ3) is 2.18. The summed E-state index contributed by atoms with van der Waals surface area (Å²) in [6.07, 6.45) is 0.945. The molecule has 0 aromatic heterocycles. The van der Waals surface area contributed by atoms with Gasteiger partial charge in [0.2, 0.25) is 0 Å². The van der Waals surface area contributed by atoms with E-state index in [0.29, 0.717) is 0 Å². The van der Waals surface area contributed by atoms with Gasteiger partial charge in [-0.1, -0.05) is 42.0 Å². The SMILES string of the molecule is Cc1ccc2cccc(CC(C)N)c2c1. The molecule has 0 spiro atoms. The van der Waals surface area contributed by atoms with Gasteiger partial charge in [-0.2, -0.15) is 0 Å². The molecular formula is C14H17N. The first kappa shape index (κ1) is 10.2. The third-order valence-corrected chi connectivity index (χ3v) is 2.67. The van der Waals surface area contributed by atoms with Crippen LogP contribution < -0.4 is 5.73 Å². The van der Waals surface area contributed by atoms with Gasteiger partial charge < -0.3 is 5.73 Å². The Kier molecular flexibility index (Phi) is 2.74. The van der Waals surface area contributed by atoms with Crippen molar-refractivity contribution in [2.24, 2.45) is 5.73 Å². The quantitative estimate of drug-likeness (QED) is 0.790. The topological polar surface area (TPSA) is 26.0 Å². The minimum absolute atomic E-state index is 0.219. The Labute approximate surface area is 90.9 Å². The Morgan fingerprint density at radius 2 is 2.00 bits per heavy atom. The molecule has 0 aliphatic carbocycles. The van der Waals surface area contributed by atoms with Crippen LogP contribution in [0.25, 0.3) is 10.8 Å². The molecule has 2 rings (SSSR count). The molecule has 0 aliphatic heterocycles. The van der Waals surface area contributed by atoms with Crippen LogP contribution in [0.4, 0.5) is 0 Å². The van der Waals surface area contributed by atoms with Crippen molar-refractivity contribution in [3.8, 4) is 0 Å². The van der Waals surface area contributed by atoms with E-state index in [1.54, 1.807) is 0 Å². The Balaban J connectivity index is 2.58. The molecule has 0 heterocycles. The molecule has 0 saturated heterocycles. The first-order chi connectivity index (χ1) is 7.16. The Morgan fingerprint density at radius 3 is 2.73 bits per heavy atom. The van der Waals surface area contributed by atoms with Crippen LogP contribution in [0.1, 0.15) is 18.1 Å². The maximum Gasteiger partial charge on any atom is 0.00511 e. The standard InChI is InChI=1S/C14H17N/c1-10-6-7-12-4-3-5-13(9-11(2)15)14(12)8-10/h3-8,11H,9,15H2,1-2H3. The molecule has 1 atom stereocenters. The van der Waals surface area contributed by atoms with Gasteiger partial charge in [-0.25, -0.2) is 0 Å². The molecule has 1 heteroatoms. The van der Waals surface area contributed by atoms with Gasteiger partial charge in [-0.15, -0.1) is 0 Å².